The molecule has 1 aromatic rings. The van der Waals surface area contributed by atoms with Crippen LogP contribution in [0, 0.1) is 0 Å². The maximum absolute atomic E-state index is 11.1. The summed E-state index contributed by atoms with van der Waals surface area (Å²) in [7, 11) is 1.59. The average molecular weight is 236 g/mol. The number of esters is 1. The Morgan fingerprint density at radius 2 is 2.06 bits per heavy atom. The molecule has 0 aliphatic heterocycles. The molecule has 0 spiro atoms. The van der Waals surface area contributed by atoms with Gasteiger partial charge in [-0.3, -0.25) is 0 Å². The van der Waals surface area contributed by atoms with Gasteiger partial charge in [0, 0.05) is 5.69 Å². The van der Waals surface area contributed by atoms with Crippen LogP contribution in [0.5, 0.6) is 5.75 Å². The van der Waals surface area contributed by atoms with Crippen molar-refractivity contribution in [2.75, 3.05) is 19.0 Å². The third-order valence-corrected chi connectivity index (χ3v) is 1.94. The fourth-order valence-electron chi connectivity index (χ4n) is 1.19. The van der Waals surface area contributed by atoms with Crippen LogP contribution >= 0.6 is 0 Å². The van der Waals surface area contributed by atoms with Gasteiger partial charge in [0.15, 0.2) is 0 Å². The molecule has 0 atom stereocenters. The Hall–Kier alpha value is -2.17. The first-order chi connectivity index (χ1) is 8.15. The number of nitrogens with two attached hydrogens (primary N) is 1. The van der Waals surface area contributed by atoms with Crippen molar-refractivity contribution >= 4 is 11.7 Å². The van der Waals surface area contributed by atoms with E-state index in [-0.39, 0.29) is 5.82 Å². The van der Waals surface area contributed by atoms with Gasteiger partial charge in [-0.25, -0.2) is 4.79 Å². The van der Waals surface area contributed by atoms with Crippen molar-refractivity contribution in [3.8, 4) is 5.75 Å². The number of nitrogens with one attached hydrogen (secondary N) is 1. The maximum Gasteiger partial charge on any atom is 0.334 e. The van der Waals surface area contributed by atoms with E-state index in [4.69, 9.17) is 15.2 Å². The summed E-state index contributed by atoms with van der Waals surface area (Å²) in [5.74, 6) is 0.517. The Morgan fingerprint density at radius 3 is 2.59 bits per heavy atom. The molecule has 0 aromatic heterocycles. The topological polar surface area (TPSA) is 73.6 Å². The van der Waals surface area contributed by atoms with Crippen molar-refractivity contribution < 1.29 is 14.3 Å². The number of ether oxygens (including phenoxy) is 2. The molecule has 5 nitrogen and oxygen atoms in total. The minimum atomic E-state index is -0.467. The maximum atomic E-state index is 11.1. The van der Waals surface area contributed by atoms with Gasteiger partial charge in [0.2, 0.25) is 0 Å². The normalized spacial score (nSPS) is 10.8. The highest BCUT2D eigenvalue weighted by Gasteiger charge is 1.99. The molecule has 0 aliphatic rings. The Bertz CT molecular complexity index is 399. The molecule has 92 valence electrons. The SMILES string of the molecule is CCOC(=O)/C=C(\N)Nc1ccc(OC)cc1. The Kier molecular flexibility index (Phi) is 4.87. The van der Waals surface area contributed by atoms with Crippen LogP contribution in [0.15, 0.2) is 36.2 Å². The number of benzene rings is 1. The van der Waals surface area contributed by atoms with Gasteiger partial charge in [-0.15, -0.1) is 0 Å². The standard InChI is InChI=1S/C12H16N2O3/c1-3-17-12(15)8-11(13)14-9-4-6-10(16-2)7-5-9/h4-8,14H,3,13H2,1-2H3/b11-8+. The molecule has 0 unspecified atom stereocenters. The lowest BCUT2D eigenvalue weighted by Gasteiger charge is -2.07. The molecule has 0 saturated carbocycles. The number of carbonyl (C=O) groups excluding carboxylic acids is 1. The van der Waals surface area contributed by atoms with Gasteiger partial charge in [0.1, 0.15) is 11.6 Å². The number of anilines is 1. The van der Waals surface area contributed by atoms with Crippen molar-refractivity contribution in [2.45, 2.75) is 6.92 Å². The van der Waals surface area contributed by atoms with Crippen LogP contribution in [0.1, 0.15) is 6.92 Å². The molecule has 1 aromatic carbocycles. The number of carbonyl (C=O) groups is 1. The highest BCUT2D eigenvalue weighted by atomic mass is 16.5. The monoisotopic (exact) mass is 236 g/mol. The van der Waals surface area contributed by atoms with Gasteiger partial charge in [-0.05, 0) is 31.2 Å². The van der Waals surface area contributed by atoms with Gasteiger partial charge in [0.05, 0.1) is 19.8 Å². The summed E-state index contributed by atoms with van der Waals surface area (Å²) >= 11 is 0. The molecule has 1 rings (SSSR count). The van der Waals surface area contributed by atoms with Gasteiger partial charge >= 0.3 is 5.97 Å². The van der Waals surface area contributed by atoms with E-state index in [1.807, 2.05) is 0 Å². The van der Waals surface area contributed by atoms with E-state index in [0.717, 1.165) is 11.4 Å². The zero-order chi connectivity index (χ0) is 12.7. The van der Waals surface area contributed by atoms with Crippen molar-refractivity contribution in [3.05, 3.63) is 36.2 Å². The van der Waals surface area contributed by atoms with E-state index >= 15 is 0 Å². The number of hydrogen-bond donors (Lipinski definition) is 2. The second kappa shape index (κ2) is 6.42. The van der Waals surface area contributed by atoms with Crippen LogP contribution < -0.4 is 15.8 Å². The van der Waals surface area contributed by atoms with Gasteiger partial charge < -0.3 is 20.5 Å². The summed E-state index contributed by atoms with van der Waals surface area (Å²) in [6.07, 6.45) is 1.20. The largest absolute Gasteiger partial charge is 0.497 e. The molecule has 17 heavy (non-hydrogen) atoms. The Balaban J connectivity index is 2.60. The molecular weight excluding hydrogens is 220 g/mol. The second-order valence-corrected chi connectivity index (χ2v) is 3.21. The average Bonchev–Trinajstić information content (AvgIpc) is 2.30. The first-order valence-corrected chi connectivity index (χ1v) is 5.20. The number of hydrogen-bond acceptors (Lipinski definition) is 5. The van der Waals surface area contributed by atoms with Crippen molar-refractivity contribution in [3.63, 3.8) is 0 Å². The van der Waals surface area contributed by atoms with Crippen molar-refractivity contribution in [1.29, 1.82) is 0 Å². The first kappa shape index (κ1) is 12.9. The summed E-state index contributed by atoms with van der Waals surface area (Å²) in [4.78, 5) is 11.1. The zero-order valence-electron chi connectivity index (χ0n) is 9.90. The van der Waals surface area contributed by atoms with Crippen LogP contribution in [-0.2, 0) is 9.53 Å². The molecule has 0 radical (unpaired) electrons. The van der Waals surface area contributed by atoms with Gasteiger partial charge in [0.25, 0.3) is 0 Å². The molecule has 0 saturated heterocycles. The second-order valence-electron chi connectivity index (χ2n) is 3.21. The van der Waals surface area contributed by atoms with E-state index in [1.54, 1.807) is 38.3 Å². The highest BCUT2D eigenvalue weighted by Crippen LogP contribution is 2.15. The van der Waals surface area contributed by atoms with Gasteiger partial charge in [-0.2, -0.15) is 0 Å². The zero-order valence-corrected chi connectivity index (χ0v) is 9.90. The predicted molar refractivity (Wildman–Crippen MR) is 65.5 cm³/mol. The molecule has 5 heteroatoms. The van der Waals surface area contributed by atoms with Crippen molar-refractivity contribution in [1.82, 2.24) is 0 Å². The third kappa shape index (κ3) is 4.46. The molecule has 3 N–H and O–H groups in total. The van der Waals surface area contributed by atoms with E-state index in [9.17, 15) is 4.79 Å². The minimum absolute atomic E-state index is 0.230. The van der Waals surface area contributed by atoms with Crippen LogP contribution in [0.25, 0.3) is 0 Å². The number of methoxy groups -OCH3 is 1. The van der Waals surface area contributed by atoms with Crippen LogP contribution in [0.2, 0.25) is 0 Å². The smallest absolute Gasteiger partial charge is 0.334 e. The molecule has 0 heterocycles. The van der Waals surface area contributed by atoms with Gasteiger partial charge in [-0.1, -0.05) is 0 Å². The fraction of sp³-hybridized carbons (Fsp3) is 0.250. The number of rotatable bonds is 5. The fourth-order valence-corrected chi connectivity index (χ4v) is 1.19. The molecule has 0 fully saturated rings. The molecule has 0 aliphatic carbocycles. The van der Waals surface area contributed by atoms with E-state index < -0.39 is 5.97 Å². The summed E-state index contributed by atoms with van der Waals surface area (Å²) in [6.45, 7) is 2.06. The van der Waals surface area contributed by atoms with E-state index in [0.29, 0.717) is 6.61 Å². The molecule has 0 bridgehead atoms. The highest BCUT2D eigenvalue weighted by molar-refractivity contribution is 5.83. The Labute approximate surface area is 100 Å². The lowest BCUT2D eigenvalue weighted by atomic mass is 10.3. The van der Waals surface area contributed by atoms with Crippen LogP contribution in [-0.4, -0.2) is 19.7 Å². The summed E-state index contributed by atoms with van der Waals surface area (Å²) in [5.41, 5.74) is 6.39. The molecular formula is C12H16N2O3. The third-order valence-electron chi connectivity index (χ3n) is 1.94. The molecule has 0 amide bonds. The van der Waals surface area contributed by atoms with Crippen molar-refractivity contribution in [2.24, 2.45) is 5.73 Å². The summed E-state index contributed by atoms with van der Waals surface area (Å²) in [5, 5.41) is 2.86. The lowest BCUT2D eigenvalue weighted by molar-refractivity contribution is -0.137. The van der Waals surface area contributed by atoms with Crippen LogP contribution in [0.4, 0.5) is 5.69 Å². The summed E-state index contributed by atoms with van der Waals surface area (Å²) in [6, 6.07) is 7.18. The predicted octanol–water partition coefficient (Wildman–Crippen LogP) is 1.47. The van der Waals surface area contributed by atoms with E-state index in [2.05, 4.69) is 5.32 Å². The Morgan fingerprint density at radius 1 is 1.41 bits per heavy atom. The minimum Gasteiger partial charge on any atom is -0.497 e. The quantitative estimate of drug-likeness (QED) is 0.598. The van der Waals surface area contributed by atoms with Crippen LogP contribution in [0.3, 0.4) is 0 Å². The van der Waals surface area contributed by atoms with E-state index in [1.165, 1.54) is 6.08 Å². The summed E-state index contributed by atoms with van der Waals surface area (Å²) < 4.78 is 9.75. The first-order valence-electron chi connectivity index (χ1n) is 5.20. The lowest BCUT2D eigenvalue weighted by Crippen LogP contribution is -2.12.